The molecule has 6 nitrogen and oxygen atoms in total. The predicted molar refractivity (Wildman–Crippen MR) is 68.1 cm³/mol. The number of carboxylic acid groups (broad SMARTS) is 1. The molecule has 1 aromatic carbocycles. The lowest BCUT2D eigenvalue weighted by molar-refractivity contribution is -0.131. The highest BCUT2D eigenvalue weighted by Crippen LogP contribution is 2.11. The Morgan fingerprint density at radius 1 is 1.26 bits per heavy atom. The van der Waals surface area contributed by atoms with Crippen molar-refractivity contribution in [3.05, 3.63) is 41.5 Å². The van der Waals surface area contributed by atoms with Gasteiger partial charge in [0.15, 0.2) is 6.29 Å². The fraction of sp³-hybridized carbons (Fsp3) is 0.231. The molecular formula is C13H15NO5. The van der Waals surface area contributed by atoms with E-state index in [4.69, 9.17) is 15.3 Å². The maximum Gasteiger partial charge on any atom is 0.328 e. The van der Waals surface area contributed by atoms with Crippen LogP contribution in [0.2, 0.25) is 0 Å². The summed E-state index contributed by atoms with van der Waals surface area (Å²) in [6.45, 7) is -0.244. The minimum absolute atomic E-state index is 0.0346. The van der Waals surface area contributed by atoms with Crippen molar-refractivity contribution >= 4 is 18.0 Å². The van der Waals surface area contributed by atoms with Crippen LogP contribution in [0.4, 0.5) is 0 Å². The number of hydrogen-bond donors (Lipinski definition) is 4. The molecule has 0 fully saturated rings. The summed E-state index contributed by atoms with van der Waals surface area (Å²) in [5.74, 6) is -1.44. The van der Waals surface area contributed by atoms with E-state index < -0.39 is 12.3 Å². The Hall–Kier alpha value is -2.18. The molecule has 1 aromatic rings. The van der Waals surface area contributed by atoms with Gasteiger partial charge in [-0.15, -0.1) is 0 Å². The first-order chi connectivity index (χ1) is 8.99. The Labute approximate surface area is 110 Å². The van der Waals surface area contributed by atoms with E-state index in [1.165, 1.54) is 6.08 Å². The molecule has 0 radical (unpaired) electrons. The molecule has 0 aliphatic rings. The second-order valence-electron chi connectivity index (χ2n) is 3.83. The summed E-state index contributed by atoms with van der Waals surface area (Å²) in [5, 5.41) is 28.2. The third-order valence-corrected chi connectivity index (χ3v) is 2.29. The van der Waals surface area contributed by atoms with Crippen molar-refractivity contribution in [2.75, 3.05) is 6.54 Å². The molecule has 1 amide bonds. The topological polar surface area (TPSA) is 107 Å². The van der Waals surface area contributed by atoms with Gasteiger partial charge in [0.2, 0.25) is 5.91 Å². The van der Waals surface area contributed by atoms with Gasteiger partial charge in [0.05, 0.1) is 13.0 Å². The number of nitrogens with one attached hydrogen (secondary N) is 1. The zero-order chi connectivity index (χ0) is 14.3. The lowest BCUT2D eigenvalue weighted by Crippen LogP contribution is -2.32. The van der Waals surface area contributed by atoms with E-state index in [1.54, 1.807) is 24.3 Å². The van der Waals surface area contributed by atoms with Gasteiger partial charge in [-0.05, 0) is 17.2 Å². The third kappa shape index (κ3) is 5.80. The lowest BCUT2D eigenvalue weighted by Gasteiger charge is -2.08. The number of rotatable bonds is 6. The molecule has 0 spiro atoms. The highest BCUT2D eigenvalue weighted by Gasteiger charge is 2.07. The minimum atomic E-state index is -1.59. The molecule has 0 saturated heterocycles. The molecule has 4 N–H and O–H groups in total. The van der Waals surface area contributed by atoms with Crippen molar-refractivity contribution < 1.29 is 24.9 Å². The minimum Gasteiger partial charge on any atom is -0.478 e. The molecule has 0 aliphatic carbocycles. The number of aliphatic hydroxyl groups excluding tert-OH is 1. The van der Waals surface area contributed by atoms with Gasteiger partial charge in [-0.1, -0.05) is 24.3 Å². The van der Waals surface area contributed by atoms with E-state index in [-0.39, 0.29) is 18.9 Å². The number of aliphatic carboxylic acids is 1. The largest absolute Gasteiger partial charge is 0.478 e. The lowest BCUT2D eigenvalue weighted by atomic mass is 10.0. The summed E-state index contributed by atoms with van der Waals surface area (Å²) in [4.78, 5) is 22.0. The second-order valence-corrected chi connectivity index (χ2v) is 3.83. The maximum atomic E-state index is 11.5. The van der Waals surface area contributed by atoms with Crippen LogP contribution < -0.4 is 5.32 Å². The quantitative estimate of drug-likeness (QED) is 0.419. The highest BCUT2D eigenvalue weighted by atomic mass is 16.5. The molecule has 0 atom stereocenters. The van der Waals surface area contributed by atoms with Crippen LogP contribution in [0.15, 0.2) is 30.3 Å². The van der Waals surface area contributed by atoms with Crippen molar-refractivity contribution in [2.45, 2.75) is 12.7 Å². The molecule has 0 bridgehead atoms. The molecule has 0 unspecified atom stereocenters. The van der Waals surface area contributed by atoms with E-state index in [0.717, 1.165) is 6.08 Å². The van der Waals surface area contributed by atoms with Gasteiger partial charge in [-0.25, -0.2) is 4.79 Å². The van der Waals surface area contributed by atoms with Crippen LogP contribution in [0.25, 0.3) is 6.08 Å². The number of aliphatic hydroxyl groups is 2. The van der Waals surface area contributed by atoms with Crippen LogP contribution in [0.1, 0.15) is 11.1 Å². The number of amides is 1. The molecule has 19 heavy (non-hydrogen) atoms. The molecular weight excluding hydrogens is 250 g/mol. The molecule has 0 aromatic heterocycles. The summed E-state index contributed by atoms with van der Waals surface area (Å²) >= 11 is 0. The molecule has 102 valence electrons. The van der Waals surface area contributed by atoms with E-state index in [2.05, 4.69) is 5.32 Å². The van der Waals surface area contributed by atoms with Crippen molar-refractivity contribution in [3.8, 4) is 0 Å². The molecule has 0 heterocycles. The Morgan fingerprint density at radius 2 is 1.95 bits per heavy atom. The number of hydrogen-bond acceptors (Lipinski definition) is 4. The number of carboxylic acids is 1. The first-order valence-corrected chi connectivity index (χ1v) is 5.61. The van der Waals surface area contributed by atoms with Gasteiger partial charge in [0, 0.05) is 6.08 Å². The maximum absolute atomic E-state index is 11.5. The van der Waals surface area contributed by atoms with Crippen molar-refractivity contribution in [1.82, 2.24) is 5.32 Å². The van der Waals surface area contributed by atoms with Crippen molar-refractivity contribution in [1.29, 1.82) is 0 Å². The Bertz CT molecular complexity index is 482. The van der Waals surface area contributed by atoms with Crippen molar-refractivity contribution in [3.63, 3.8) is 0 Å². The van der Waals surface area contributed by atoms with Crippen molar-refractivity contribution in [2.24, 2.45) is 0 Å². The van der Waals surface area contributed by atoms with E-state index >= 15 is 0 Å². The standard InChI is InChI=1S/C13H15NO5/c15-11(14-8-13(18)19)7-10-4-2-1-3-9(10)5-6-12(16)17/h1-6,13,18-19H,7-8H2,(H,14,15)(H,16,17)/b6-5+. The average Bonchev–Trinajstić information content (AvgIpc) is 2.35. The van der Waals surface area contributed by atoms with Gasteiger partial charge >= 0.3 is 5.97 Å². The van der Waals surface area contributed by atoms with Gasteiger partial charge in [-0.3, -0.25) is 4.79 Å². The smallest absolute Gasteiger partial charge is 0.328 e. The highest BCUT2D eigenvalue weighted by molar-refractivity contribution is 5.86. The number of carbonyl (C=O) groups excluding carboxylic acids is 1. The summed E-state index contributed by atoms with van der Waals surface area (Å²) in [6.07, 6.45) is 0.846. The average molecular weight is 265 g/mol. The number of carbonyl (C=O) groups is 2. The van der Waals surface area contributed by atoms with E-state index in [9.17, 15) is 9.59 Å². The third-order valence-electron chi connectivity index (χ3n) is 2.29. The molecule has 0 aliphatic heterocycles. The molecule has 1 rings (SSSR count). The zero-order valence-electron chi connectivity index (χ0n) is 10.1. The van der Waals surface area contributed by atoms with E-state index in [1.807, 2.05) is 0 Å². The van der Waals surface area contributed by atoms with Crippen LogP contribution in [-0.4, -0.2) is 40.0 Å². The van der Waals surface area contributed by atoms with Crippen LogP contribution >= 0.6 is 0 Å². The zero-order valence-corrected chi connectivity index (χ0v) is 10.1. The number of benzene rings is 1. The van der Waals surface area contributed by atoms with Crippen LogP contribution in [0.3, 0.4) is 0 Å². The van der Waals surface area contributed by atoms with Gasteiger partial charge in [-0.2, -0.15) is 0 Å². The Kier molecular flexibility index (Phi) is 5.72. The Morgan fingerprint density at radius 3 is 2.58 bits per heavy atom. The van der Waals surface area contributed by atoms with Crippen LogP contribution in [-0.2, 0) is 16.0 Å². The van der Waals surface area contributed by atoms with Gasteiger partial charge in [0.25, 0.3) is 0 Å². The first kappa shape index (κ1) is 14.9. The van der Waals surface area contributed by atoms with Gasteiger partial charge in [0.1, 0.15) is 0 Å². The SMILES string of the molecule is O=C(O)/C=C/c1ccccc1CC(=O)NCC(O)O. The monoisotopic (exact) mass is 265 g/mol. The summed E-state index contributed by atoms with van der Waals surface area (Å²) < 4.78 is 0. The van der Waals surface area contributed by atoms with E-state index in [0.29, 0.717) is 11.1 Å². The molecule has 0 saturated carbocycles. The Balaban J connectivity index is 2.72. The molecule has 6 heteroatoms. The fourth-order valence-electron chi connectivity index (χ4n) is 1.46. The summed E-state index contributed by atoms with van der Waals surface area (Å²) in [7, 11) is 0. The van der Waals surface area contributed by atoms with Crippen LogP contribution in [0, 0.1) is 0 Å². The summed E-state index contributed by atoms with van der Waals surface area (Å²) in [5.41, 5.74) is 1.29. The fourth-order valence-corrected chi connectivity index (χ4v) is 1.46. The predicted octanol–water partition coefficient (Wildman–Crippen LogP) is -0.246. The van der Waals surface area contributed by atoms with Gasteiger partial charge < -0.3 is 20.6 Å². The normalized spacial score (nSPS) is 10.9. The van der Waals surface area contributed by atoms with Crippen LogP contribution in [0.5, 0.6) is 0 Å². The second kappa shape index (κ2) is 7.30. The first-order valence-electron chi connectivity index (χ1n) is 5.61. The summed E-state index contributed by atoms with van der Waals surface area (Å²) in [6, 6.07) is 6.88.